The fourth-order valence-corrected chi connectivity index (χ4v) is 2.76. The SMILES string of the molecule is CCCC(NC(=O)c1cn(C)nc1-c1cccs1)C(=O)O. The van der Waals surface area contributed by atoms with Crippen LogP contribution >= 0.6 is 11.3 Å². The molecule has 2 heterocycles. The first kappa shape index (κ1) is 15.2. The maximum atomic E-state index is 12.3. The molecule has 2 rings (SSSR count). The third kappa shape index (κ3) is 3.49. The molecule has 0 saturated carbocycles. The normalized spacial score (nSPS) is 12.1. The second-order valence-corrected chi connectivity index (χ2v) is 5.64. The molecule has 2 aromatic heterocycles. The van der Waals surface area contributed by atoms with Gasteiger partial charge >= 0.3 is 5.97 Å². The van der Waals surface area contributed by atoms with Crippen LogP contribution in [0.2, 0.25) is 0 Å². The summed E-state index contributed by atoms with van der Waals surface area (Å²) in [7, 11) is 1.73. The monoisotopic (exact) mass is 307 g/mol. The van der Waals surface area contributed by atoms with Crippen molar-refractivity contribution in [3.8, 4) is 10.6 Å². The largest absolute Gasteiger partial charge is 0.480 e. The van der Waals surface area contributed by atoms with Gasteiger partial charge in [0.05, 0.1) is 10.4 Å². The van der Waals surface area contributed by atoms with Crippen LogP contribution in [-0.2, 0) is 11.8 Å². The Morgan fingerprint density at radius 2 is 2.29 bits per heavy atom. The molecule has 2 N–H and O–H groups in total. The van der Waals surface area contributed by atoms with Gasteiger partial charge in [0.1, 0.15) is 11.7 Å². The van der Waals surface area contributed by atoms with E-state index in [1.54, 1.807) is 17.9 Å². The summed E-state index contributed by atoms with van der Waals surface area (Å²) in [5, 5.41) is 17.9. The zero-order valence-corrected chi connectivity index (χ0v) is 12.7. The minimum absolute atomic E-state index is 0.391. The fourth-order valence-electron chi connectivity index (χ4n) is 2.03. The number of aryl methyl sites for hydroxylation is 1. The van der Waals surface area contributed by atoms with Gasteiger partial charge in [-0.25, -0.2) is 4.79 Å². The van der Waals surface area contributed by atoms with Gasteiger partial charge in [0.25, 0.3) is 5.91 Å². The lowest BCUT2D eigenvalue weighted by molar-refractivity contribution is -0.139. The van der Waals surface area contributed by atoms with Gasteiger partial charge in [-0.2, -0.15) is 5.10 Å². The van der Waals surface area contributed by atoms with E-state index in [4.69, 9.17) is 5.11 Å². The summed E-state index contributed by atoms with van der Waals surface area (Å²) >= 11 is 1.48. The van der Waals surface area contributed by atoms with Crippen molar-refractivity contribution in [2.75, 3.05) is 0 Å². The van der Waals surface area contributed by atoms with E-state index in [9.17, 15) is 9.59 Å². The Labute approximate surface area is 126 Å². The Balaban J connectivity index is 2.25. The molecule has 1 unspecified atom stereocenters. The molecule has 0 spiro atoms. The van der Waals surface area contributed by atoms with Crippen LogP contribution in [0.3, 0.4) is 0 Å². The van der Waals surface area contributed by atoms with Crippen LogP contribution in [0.5, 0.6) is 0 Å². The number of hydrogen-bond acceptors (Lipinski definition) is 4. The number of nitrogens with one attached hydrogen (secondary N) is 1. The molecule has 0 bridgehead atoms. The molecule has 0 aliphatic rings. The second kappa shape index (κ2) is 6.53. The Morgan fingerprint density at radius 3 is 2.86 bits per heavy atom. The first-order valence-corrected chi connectivity index (χ1v) is 7.52. The first-order valence-electron chi connectivity index (χ1n) is 6.64. The molecule has 1 amide bonds. The number of thiophene rings is 1. The van der Waals surface area contributed by atoms with Gasteiger partial charge in [0.2, 0.25) is 0 Å². The highest BCUT2D eigenvalue weighted by Crippen LogP contribution is 2.26. The quantitative estimate of drug-likeness (QED) is 0.856. The van der Waals surface area contributed by atoms with Crippen molar-refractivity contribution >= 4 is 23.2 Å². The van der Waals surface area contributed by atoms with Crippen LogP contribution < -0.4 is 5.32 Å². The summed E-state index contributed by atoms with van der Waals surface area (Å²) in [6.07, 6.45) is 2.69. The zero-order valence-electron chi connectivity index (χ0n) is 11.9. The number of rotatable bonds is 6. The summed E-state index contributed by atoms with van der Waals surface area (Å²) in [6.45, 7) is 1.88. The minimum Gasteiger partial charge on any atom is -0.480 e. The molecule has 0 aromatic carbocycles. The highest BCUT2D eigenvalue weighted by atomic mass is 32.1. The number of aromatic nitrogens is 2. The van der Waals surface area contributed by atoms with Gasteiger partial charge in [-0.05, 0) is 17.9 Å². The van der Waals surface area contributed by atoms with Gasteiger partial charge in [-0.1, -0.05) is 19.4 Å². The molecular formula is C14H17N3O3S. The van der Waals surface area contributed by atoms with Crippen LogP contribution in [0.15, 0.2) is 23.7 Å². The molecule has 0 aliphatic carbocycles. The molecule has 0 radical (unpaired) electrons. The van der Waals surface area contributed by atoms with E-state index in [-0.39, 0.29) is 0 Å². The number of carboxylic acids is 1. The molecule has 7 heteroatoms. The predicted molar refractivity (Wildman–Crippen MR) is 80.3 cm³/mol. The number of amides is 1. The lowest BCUT2D eigenvalue weighted by atomic mass is 10.1. The molecule has 2 aromatic rings. The van der Waals surface area contributed by atoms with Crippen molar-refractivity contribution in [1.29, 1.82) is 0 Å². The predicted octanol–water partition coefficient (Wildman–Crippen LogP) is 2.13. The maximum absolute atomic E-state index is 12.3. The van der Waals surface area contributed by atoms with Crippen molar-refractivity contribution < 1.29 is 14.7 Å². The van der Waals surface area contributed by atoms with Crippen molar-refractivity contribution in [3.63, 3.8) is 0 Å². The van der Waals surface area contributed by atoms with E-state index in [1.165, 1.54) is 11.3 Å². The van der Waals surface area contributed by atoms with Crippen LogP contribution in [0, 0.1) is 0 Å². The van der Waals surface area contributed by atoms with Crippen molar-refractivity contribution in [2.24, 2.45) is 7.05 Å². The van der Waals surface area contributed by atoms with E-state index in [1.807, 2.05) is 24.4 Å². The van der Waals surface area contributed by atoms with E-state index >= 15 is 0 Å². The van der Waals surface area contributed by atoms with Crippen LogP contribution in [-0.4, -0.2) is 32.8 Å². The van der Waals surface area contributed by atoms with Crippen molar-refractivity contribution in [3.05, 3.63) is 29.3 Å². The third-order valence-corrected chi connectivity index (χ3v) is 3.89. The van der Waals surface area contributed by atoms with Crippen molar-refractivity contribution in [2.45, 2.75) is 25.8 Å². The van der Waals surface area contributed by atoms with E-state index < -0.39 is 17.9 Å². The number of hydrogen-bond donors (Lipinski definition) is 2. The van der Waals surface area contributed by atoms with E-state index in [0.717, 1.165) is 4.88 Å². The molecule has 21 heavy (non-hydrogen) atoms. The van der Waals surface area contributed by atoms with Gasteiger partial charge < -0.3 is 10.4 Å². The molecule has 0 fully saturated rings. The average Bonchev–Trinajstić information content (AvgIpc) is 3.06. The Hall–Kier alpha value is -2.15. The third-order valence-electron chi connectivity index (χ3n) is 3.01. The first-order chi connectivity index (χ1) is 10.0. The van der Waals surface area contributed by atoms with Crippen LogP contribution in [0.4, 0.5) is 0 Å². The summed E-state index contributed by atoms with van der Waals surface area (Å²) in [5.74, 6) is -1.43. The van der Waals surface area contributed by atoms with Gasteiger partial charge in [0, 0.05) is 13.2 Å². The Morgan fingerprint density at radius 1 is 1.52 bits per heavy atom. The smallest absolute Gasteiger partial charge is 0.326 e. The maximum Gasteiger partial charge on any atom is 0.326 e. The van der Waals surface area contributed by atoms with Crippen LogP contribution in [0.25, 0.3) is 10.6 Å². The molecule has 1 atom stereocenters. The average molecular weight is 307 g/mol. The molecule has 112 valence electrons. The summed E-state index contributed by atoms with van der Waals surface area (Å²) in [6, 6.07) is 2.89. The molecule has 0 saturated heterocycles. The lowest BCUT2D eigenvalue weighted by Crippen LogP contribution is -2.40. The second-order valence-electron chi connectivity index (χ2n) is 4.70. The summed E-state index contributed by atoms with van der Waals surface area (Å²) < 4.78 is 1.56. The van der Waals surface area contributed by atoms with Gasteiger partial charge in [-0.15, -0.1) is 11.3 Å². The minimum atomic E-state index is -1.02. The van der Waals surface area contributed by atoms with Gasteiger partial charge in [-0.3, -0.25) is 9.48 Å². The van der Waals surface area contributed by atoms with Crippen LogP contribution in [0.1, 0.15) is 30.1 Å². The lowest BCUT2D eigenvalue weighted by Gasteiger charge is -2.13. The number of carbonyl (C=O) groups excluding carboxylic acids is 1. The summed E-state index contributed by atoms with van der Waals surface area (Å²) in [4.78, 5) is 24.4. The summed E-state index contributed by atoms with van der Waals surface area (Å²) in [5.41, 5.74) is 0.966. The number of carbonyl (C=O) groups is 2. The number of aliphatic carboxylic acids is 1. The van der Waals surface area contributed by atoms with E-state index in [2.05, 4.69) is 10.4 Å². The standard InChI is InChI=1S/C14H17N3O3S/c1-3-5-10(14(19)20)15-13(18)9-8-17(2)16-12(9)11-6-4-7-21-11/h4,6-8,10H,3,5H2,1-2H3,(H,15,18)(H,19,20). The zero-order chi connectivity index (χ0) is 15.4. The molecular weight excluding hydrogens is 290 g/mol. The molecule has 6 nitrogen and oxygen atoms in total. The fraction of sp³-hybridized carbons (Fsp3) is 0.357. The highest BCUT2D eigenvalue weighted by Gasteiger charge is 2.23. The highest BCUT2D eigenvalue weighted by molar-refractivity contribution is 7.13. The Kier molecular flexibility index (Phi) is 4.74. The van der Waals surface area contributed by atoms with Crippen molar-refractivity contribution in [1.82, 2.24) is 15.1 Å². The van der Waals surface area contributed by atoms with E-state index in [0.29, 0.717) is 24.1 Å². The number of nitrogens with zero attached hydrogens (tertiary/aromatic N) is 2. The Bertz CT molecular complexity index is 634. The van der Waals surface area contributed by atoms with Gasteiger partial charge in [0.15, 0.2) is 0 Å². The molecule has 0 aliphatic heterocycles. The topological polar surface area (TPSA) is 84.2 Å². The number of carboxylic acid groups (broad SMARTS) is 1.